The van der Waals surface area contributed by atoms with Crippen LogP contribution in [0.5, 0.6) is 5.88 Å². The molecule has 3 nitrogen and oxygen atoms in total. The van der Waals surface area contributed by atoms with Gasteiger partial charge in [-0.25, -0.2) is 4.98 Å². The van der Waals surface area contributed by atoms with E-state index in [0.717, 1.165) is 6.29 Å². The van der Waals surface area contributed by atoms with Crippen molar-refractivity contribution in [3.63, 3.8) is 0 Å². The number of rotatable bonds is 4. The number of aldehydes is 1. The molecule has 1 rings (SSSR count). The van der Waals surface area contributed by atoms with Gasteiger partial charge in [-0.1, -0.05) is 13.0 Å². The Morgan fingerprint density at radius 1 is 1.62 bits per heavy atom. The first kappa shape index (κ1) is 9.71. The minimum Gasteiger partial charge on any atom is -0.464 e. The van der Waals surface area contributed by atoms with E-state index in [-0.39, 0.29) is 0 Å². The minimum atomic E-state index is -0.756. The number of nitrogens with zero attached hydrogens (tertiary/aromatic N) is 1. The Labute approximate surface area is 77.8 Å². The van der Waals surface area contributed by atoms with Crippen molar-refractivity contribution in [2.75, 3.05) is 0 Å². The van der Waals surface area contributed by atoms with Gasteiger partial charge >= 0.3 is 0 Å². The molecule has 0 aliphatic carbocycles. The number of hydrogen-bond donors (Lipinski definition) is 0. The van der Waals surface area contributed by atoms with E-state index in [1.807, 2.05) is 13.0 Å². The summed E-state index contributed by atoms with van der Waals surface area (Å²) in [5.41, 5.74) is -0.756. The zero-order valence-electron chi connectivity index (χ0n) is 7.86. The summed E-state index contributed by atoms with van der Waals surface area (Å²) in [6.45, 7) is 3.64. The molecule has 0 fully saturated rings. The Hall–Kier alpha value is -1.38. The van der Waals surface area contributed by atoms with Crippen molar-refractivity contribution in [3.05, 3.63) is 24.4 Å². The van der Waals surface area contributed by atoms with Crippen LogP contribution in [0.3, 0.4) is 0 Å². The smallest absolute Gasteiger partial charge is 0.214 e. The lowest BCUT2D eigenvalue weighted by atomic mass is 10.1. The van der Waals surface area contributed by atoms with Crippen LogP contribution in [0.4, 0.5) is 0 Å². The van der Waals surface area contributed by atoms with Crippen LogP contribution >= 0.6 is 0 Å². The number of aromatic nitrogens is 1. The zero-order valence-corrected chi connectivity index (χ0v) is 7.86. The maximum absolute atomic E-state index is 10.7. The Bertz CT molecular complexity index is 274. The van der Waals surface area contributed by atoms with Gasteiger partial charge in [0.05, 0.1) is 0 Å². The standard InChI is InChI=1S/C10H13NO2/c1-3-10(2,8-12)13-9-6-4-5-7-11-9/h4-8H,3H2,1-2H3. The largest absolute Gasteiger partial charge is 0.464 e. The molecule has 3 heteroatoms. The van der Waals surface area contributed by atoms with Gasteiger partial charge in [-0.05, 0) is 19.4 Å². The van der Waals surface area contributed by atoms with Crippen molar-refractivity contribution in [1.29, 1.82) is 0 Å². The van der Waals surface area contributed by atoms with Crippen molar-refractivity contribution < 1.29 is 9.53 Å². The van der Waals surface area contributed by atoms with Gasteiger partial charge in [-0.15, -0.1) is 0 Å². The van der Waals surface area contributed by atoms with Crippen LogP contribution in [0.1, 0.15) is 20.3 Å². The molecular formula is C10H13NO2. The number of carbonyl (C=O) groups is 1. The zero-order chi connectivity index (χ0) is 9.73. The normalized spacial score (nSPS) is 14.6. The van der Waals surface area contributed by atoms with Crippen molar-refractivity contribution >= 4 is 6.29 Å². The van der Waals surface area contributed by atoms with E-state index >= 15 is 0 Å². The predicted octanol–water partition coefficient (Wildman–Crippen LogP) is 1.83. The molecule has 0 aromatic carbocycles. The molecule has 70 valence electrons. The predicted molar refractivity (Wildman–Crippen MR) is 49.6 cm³/mol. The second-order valence-electron chi connectivity index (χ2n) is 3.05. The van der Waals surface area contributed by atoms with Gasteiger partial charge in [0.1, 0.15) is 0 Å². The van der Waals surface area contributed by atoms with Gasteiger partial charge in [0.15, 0.2) is 11.9 Å². The highest BCUT2D eigenvalue weighted by atomic mass is 16.5. The Morgan fingerprint density at radius 3 is 2.85 bits per heavy atom. The molecule has 0 radical (unpaired) electrons. The van der Waals surface area contributed by atoms with Crippen LogP contribution in [-0.2, 0) is 4.79 Å². The third kappa shape index (κ3) is 2.54. The number of ether oxygens (including phenoxy) is 1. The second-order valence-corrected chi connectivity index (χ2v) is 3.05. The molecule has 1 unspecified atom stereocenters. The topological polar surface area (TPSA) is 39.2 Å². The van der Waals surface area contributed by atoms with Gasteiger partial charge < -0.3 is 4.74 Å². The lowest BCUT2D eigenvalue weighted by Gasteiger charge is -2.21. The van der Waals surface area contributed by atoms with E-state index in [1.165, 1.54) is 0 Å². The number of pyridine rings is 1. The summed E-state index contributed by atoms with van der Waals surface area (Å²) in [6.07, 6.45) is 3.07. The lowest BCUT2D eigenvalue weighted by molar-refractivity contribution is -0.120. The summed E-state index contributed by atoms with van der Waals surface area (Å²) in [6, 6.07) is 5.36. The summed E-state index contributed by atoms with van der Waals surface area (Å²) in [5, 5.41) is 0. The van der Waals surface area contributed by atoms with E-state index < -0.39 is 5.60 Å². The molecule has 1 atom stereocenters. The van der Waals surface area contributed by atoms with Gasteiger partial charge in [-0.2, -0.15) is 0 Å². The molecule has 1 heterocycles. The van der Waals surface area contributed by atoms with E-state index in [9.17, 15) is 4.79 Å². The second kappa shape index (κ2) is 4.03. The highest BCUT2D eigenvalue weighted by Crippen LogP contribution is 2.16. The monoisotopic (exact) mass is 179 g/mol. The van der Waals surface area contributed by atoms with E-state index in [1.54, 1.807) is 25.3 Å². The summed E-state index contributed by atoms with van der Waals surface area (Å²) >= 11 is 0. The first-order valence-corrected chi connectivity index (χ1v) is 4.26. The van der Waals surface area contributed by atoms with Gasteiger partial charge in [0, 0.05) is 12.3 Å². The molecule has 0 saturated heterocycles. The molecule has 0 N–H and O–H groups in total. The molecule has 0 spiro atoms. The van der Waals surface area contributed by atoms with Crippen LogP contribution in [0.15, 0.2) is 24.4 Å². The number of carbonyl (C=O) groups excluding carboxylic acids is 1. The fourth-order valence-electron chi connectivity index (χ4n) is 0.826. The third-order valence-electron chi connectivity index (χ3n) is 1.93. The van der Waals surface area contributed by atoms with Crippen LogP contribution in [0, 0.1) is 0 Å². The average molecular weight is 179 g/mol. The highest BCUT2D eigenvalue weighted by molar-refractivity contribution is 5.62. The molecule has 13 heavy (non-hydrogen) atoms. The average Bonchev–Trinajstić information content (AvgIpc) is 2.19. The minimum absolute atomic E-state index is 0.485. The van der Waals surface area contributed by atoms with Crippen LogP contribution < -0.4 is 4.74 Å². The molecular weight excluding hydrogens is 166 g/mol. The van der Waals surface area contributed by atoms with Crippen LogP contribution in [0.2, 0.25) is 0 Å². The molecule has 0 saturated carbocycles. The molecule has 0 aliphatic heterocycles. The van der Waals surface area contributed by atoms with Gasteiger partial charge in [0.25, 0.3) is 0 Å². The molecule has 0 bridgehead atoms. The fourth-order valence-corrected chi connectivity index (χ4v) is 0.826. The first-order valence-electron chi connectivity index (χ1n) is 4.26. The van der Waals surface area contributed by atoms with Crippen molar-refractivity contribution in [3.8, 4) is 5.88 Å². The van der Waals surface area contributed by atoms with Gasteiger partial charge in [0.2, 0.25) is 5.88 Å². The summed E-state index contributed by atoms with van der Waals surface area (Å²) in [4.78, 5) is 14.7. The van der Waals surface area contributed by atoms with E-state index in [4.69, 9.17) is 4.74 Å². The maximum Gasteiger partial charge on any atom is 0.214 e. The third-order valence-corrected chi connectivity index (χ3v) is 1.93. The Balaban J connectivity index is 2.73. The molecule has 1 aromatic rings. The molecule has 0 amide bonds. The van der Waals surface area contributed by atoms with Gasteiger partial charge in [-0.3, -0.25) is 4.79 Å². The summed E-state index contributed by atoms with van der Waals surface area (Å²) in [7, 11) is 0. The summed E-state index contributed by atoms with van der Waals surface area (Å²) < 4.78 is 5.42. The SMILES string of the molecule is CCC(C)(C=O)Oc1ccccn1. The van der Waals surface area contributed by atoms with Crippen molar-refractivity contribution in [2.24, 2.45) is 0 Å². The van der Waals surface area contributed by atoms with Crippen LogP contribution in [0.25, 0.3) is 0 Å². The highest BCUT2D eigenvalue weighted by Gasteiger charge is 2.23. The van der Waals surface area contributed by atoms with E-state index in [2.05, 4.69) is 4.98 Å². The quantitative estimate of drug-likeness (QED) is 0.662. The lowest BCUT2D eigenvalue weighted by Crippen LogP contribution is -2.33. The Kier molecular flexibility index (Phi) is 3.01. The number of hydrogen-bond acceptors (Lipinski definition) is 3. The Morgan fingerprint density at radius 2 is 2.38 bits per heavy atom. The maximum atomic E-state index is 10.7. The fraction of sp³-hybridized carbons (Fsp3) is 0.400. The van der Waals surface area contributed by atoms with Crippen molar-refractivity contribution in [2.45, 2.75) is 25.9 Å². The molecule has 1 aromatic heterocycles. The molecule has 0 aliphatic rings. The first-order chi connectivity index (χ1) is 6.20. The van der Waals surface area contributed by atoms with Crippen molar-refractivity contribution in [1.82, 2.24) is 4.98 Å². The van der Waals surface area contributed by atoms with Crippen LogP contribution in [-0.4, -0.2) is 16.9 Å². The van der Waals surface area contributed by atoms with E-state index in [0.29, 0.717) is 12.3 Å². The summed E-state index contributed by atoms with van der Waals surface area (Å²) in [5.74, 6) is 0.485.